The Hall–Kier alpha value is -1.36. The normalized spacial score (nSPS) is 11.9. The highest BCUT2D eigenvalue weighted by Gasteiger charge is 2.16. The summed E-state index contributed by atoms with van der Waals surface area (Å²) in [5, 5.41) is 11.6. The van der Waals surface area contributed by atoms with E-state index in [1.165, 1.54) is 0 Å². The molecule has 4 nitrogen and oxygen atoms in total. The molecule has 0 spiro atoms. The van der Waals surface area contributed by atoms with Crippen molar-refractivity contribution in [3.05, 3.63) is 33.8 Å². The maximum Gasteiger partial charge on any atom is 0.305 e. The van der Waals surface area contributed by atoms with Gasteiger partial charge >= 0.3 is 5.97 Å². The van der Waals surface area contributed by atoms with E-state index in [4.69, 9.17) is 5.11 Å². The molecule has 0 aromatic heterocycles. The Labute approximate surface area is 121 Å². The predicted molar refractivity (Wildman–Crippen MR) is 77.3 cm³/mol. The fourth-order valence-corrected chi connectivity index (χ4v) is 2.17. The van der Waals surface area contributed by atoms with Gasteiger partial charge in [-0.2, -0.15) is 0 Å². The lowest BCUT2D eigenvalue weighted by Gasteiger charge is -2.16. The van der Waals surface area contributed by atoms with Crippen molar-refractivity contribution in [1.82, 2.24) is 5.32 Å². The minimum Gasteiger partial charge on any atom is -0.481 e. The van der Waals surface area contributed by atoms with E-state index in [0.717, 1.165) is 16.5 Å². The van der Waals surface area contributed by atoms with Crippen molar-refractivity contribution in [1.29, 1.82) is 0 Å². The molecule has 1 rings (SSSR count). The lowest BCUT2D eigenvalue weighted by Crippen LogP contribution is -2.36. The molecular weight excluding hydrogens is 310 g/mol. The molecule has 1 amide bonds. The molecule has 0 saturated carbocycles. The first kappa shape index (κ1) is 15.7. The Bertz CT molecular complexity index is 474. The van der Waals surface area contributed by atoms with Gasteiger partial charge in [0.2, 0.25) is 0 Å². The van der Waals surface area contributed by atoms with E-state index < -0.39 is 5.97 Å². The van der Waals surface area contributed by atoms with Gasteiger partial charge in [0, 0.05) is 16.1 Å². The minimum atomic E-state index is -0.899. The van der Waals surface area contributed by atoms with E-state index >= 15 is 0 Å². The monoisotopic (exact) mass is 327 g/mol. The van der Waals surface area contributed by atoms with Crippen LogP contribution < -0.4 is 5.32 Å². The topological polar surface area (TPSA) is 66.4 Å². The Morgan fingerprint density at radius 3 is 2.63 bits per heavy atom. The first-order valence-electron chi connectivity index (χ1n) is 6.22. The predicted octanol–water partition coefficient (Wildman–Crippen LogP) is 3.13. The zero-order chi connectivity index (χ0) is 14.4. The highest BCUT2D eigenvalue weighted by atomic mass is 79.9. The molecular formula is C14H18BrNO3. The fraction of sp³-hybridized carbons (Fsp3) is 0.429. The summed E-state index contributed by atoms with van der Waals surface area (Å²) in [6.07, 6.45) is 1.44. The van der Waals surface area contributed by atoms with Gasteiger partial charge in [0.15, 0.2) is 0 Å². The van der Waals surface area contributed by atoms with E-state index in [0.29, 0.717) is 12.0 Å². The zero-order valence-electron chi connectivity index (χ0n) is 11.1. The van der Waals surface area contributed by atoms with Gasteiger partial charge in [-0.25, -0.2) is 0 Å². The Kier molecular flexibility index (Phi) is 6.02. The van der Waals surface area contributed by atoms with Gasteiger partial charge in [0.25, 0.3) is 5.91 Å². The highest BCUT2D eigenvalue weighted by Crippen LogP contribution is 2.17. The van der Waals surface area contributed by atoms with Crippen molar-refractivity contribution in [2.45, 2.75) is 39.2 Å². The second-order valence-electron chi connectivity index (χ2n) is 4.52. The summed E-state index contributed by atoms with van der Waals surface area (Å²) < 4.78 is 0.866. The summed E-state index contributed by atoms with van der Waals surface area (Å²) >= 11 is 3.38. The van der Waals surface area contributed by atoms with Crippen LogP contribution >= 0.6 is 15.9 Å². The van der Waals surface area contributed by atoms with Gasteiger partial charge in [0.05, 0.1) is 6.42 Å². The van der Waals surface area contributed by atoms with Crippen molar-refractivity contribution >= 4 is 27.8 Å². The number of hydrogen-bond acceptors (Lipinski definition) is 2. The average molecular weight is 328 g/mol. The average Bonchev–Trinajstić information content (AvgIpc) is 2.32. The van der Waals surface area contributed by atoms with Gasteiger partial charge in [-0.1, -0.05) is 35.3 Å². The number of halogens is 1. The van der Waals surface area contributed by atoms with Crippen LogP contribution in [0.1, 0.15) is 42.1 Å². The largest absolute Gasteiger partial charge is 0.481 e. The van der Waals surface area contributed by atoms with E-state index in [9.17, 15) is 9.59 Å². The summed E-state index contributed by atoms with van der Waals surface area (Å²) in [5.41, 5.74) is 1.58. The first-order chi connectivity index (χ1) is 8.93. The molecule has 1 aromatic rings. The van der Waals surface area contributed by atoms with Gasteiger partial charge in [0.1, 0.15) is 0 Å². The molecule has 0 radical (unpaired) electrons. The third-order valence-corrected chi connectivity index (χ3v) is 3.68. The molecule has 19 heavy (non-hydrogen) atoms. The molecule has 1 atom stereocenters. The van der Waals surface area contributed by atoms with E-state index in [-0.39, 0.29) is 18.4 Å². The number of aliphatic carboxylic acids is 1. The quantitative estimate of drug-likeness (QED) is 0.843. The molecule has 2 N–H and O–H groups in total. The summed E-state index contributed by atoms with van der Waals surface area (Å²) in [5.74, 6) is -1.13. The molecule has 5 heteroatoms. The molecule has 0 aliphatic carbocycles. The van der Waals surface area contributed by atoms with Crippen LogP contribution in [0.25, 0.3) is 0 Å². The second kappa shape index (κ2) is 7.28. The van der Waals surface area contributed by atoms with Crippen LogP contribution in [0.5, 0.6) is 0 Å². The van der Waals surface area contributed by atoms with Crippen LogP contribution in [0.15, 0.2) is 22.7 Å². The number of benzene rings is 1. The number of amides is 1. The maximum absolute atomic E-state index is 12.1. The van der Waals surface area contributed by atoms with Gasteiger partial charge < -0.3 is 10.4 Å². The summed E-state index contributed by atoms with van der Waals surface area (Å²) in [4.78, 5) is 22.8. The molecule has 0 saturated heterocycles. The van der Waals surface area contributed by atoms with Crippen LogP contribution in [0.4, 0.5) is 0 Å². The summed E-state index contributed by atoms with van der Waals surface area (Å²) in [6.45, 7) is 3.90. The lowest BCUT2D eigenvalue weighted by molar-refractivity contribution is -0.137. The van der Waals surface area contributed by atoms with Gasteiger partial charge in [-0.15, -0.1) is 0 Å². The van der Waals surface area contributed by atoms with E-state index in [1.807, 2.05) is 19.9 Å². The molecule has 0 aliphatic rings. The van der Waals surface area contributed by atoms with Crippen molar-refractivity contribution in [2.24, 2.45) is 0 Å². The van der Waals surface area contributed by atoms with Crippen molar-refractivity contribution in [2.75, 3.05) is 0 Å². The van der Waals surface area contributed by atoms with E-state index in [1.54, 1.807) is 12.1 Å². The van der Waals surface area contributed by atoms with Gasteiger partial charge in [-0.05, 0) is 31.0 Å². The highest BCUT2D eigenvalue weighted by molar-refractivity contribution is 9.10. The summed E-state index contributed by atoms with van der Waals surface area (Å²) in [6, 6.07) is 5.01. The molecule has 1 unspecified atom stereocenters. The Morgan fingerprint density at radius 1 is 1.42 bits per heavy atom. The number of aryl methyl sites for hydroxylation is 1. The van der Waals surface area contributed by atoms with Crippen molar-refractivity contribution < 1.29 is 14.7 Å². The molecule has 0 aliphatic heterocycles. The van der Waals surface area contributed by atoms with Crippen molar-refractivity contribution in [3.8, 4) is 0 Å². The number of carbonyl (C=O) groups is 2. The SMILES string of the molecule is CCCC(CC(=O)O)NC(=O)c1ccc(C)c(Br)c1. The maximum atomic E-state index is 12.1. The minimum absolute atomic E-state index is 0.0490. The smallest absolute Gasteiger partial charge is 0.305 e. The fourth-order valence-electron chi connectivity index (χ4n) is 1.79. The van der Waals surface area contributed by atoms with Gasteiger partial charge in [-0.3, -0.25) is 9.59 Å². The molecule has 0 bridgehead atoms. The standard InChI is InChI=1S/C14H18BrNO3/c1-3-4-11(8-13(17)18)16-14(19)10-6-5-9(2)12(15)7-10/h5-7,11H,3-4,8H2,1-2H3,(H,16,19)(H,17,18). The lowest BCUT2D eigenvalue weighted by atomic mass is 10.1. The third kappa shape index (κ3) is 5.03. The second-order valence-corrected chi connectivity index (χ2v) is 5.38. The number of carboxylic acid groups (broad SMARTS) is 1. The molecule has 104 valence electrons. The van der Waals surface area contributed by atoms with Crippen LogP contribution in [0.2, 0.25) is 0 Å². The first-order valence-corrected chi connectivity index (χ1v) is 7.02. The van der Waals surface area contributed by atoms with E-state index in [2.05, 4.69) is 21.2 Å². The molecule has 0 heterocycles. The number of carbonyl (C=O) groups excluding carboxylic acids is 1. The number of nitrogens with one attached hydrogen (secondary N) is 1. The molecule has 1 aromatic carbocycles. The van der Waals surface area contributed by atoms with Crippen LogP contribution in [-0.4, -0.2) is 23.0 Å². The number of carboxylic acids is 1. The molecule has 0 fully saturated rings. The number of hydrogen-bond donors (Lipinski definition) is 2. The zero-order valence-corrected chi connectivity index (χ0v) is 12.7. The summed E-state index contributed by atoms with van der Waals surface area (Å²) in [7, 11) is 0. The van der Waals surface area contributed by atoms with Crippen LogP contribution in [-0.2, 0) is 4.79 Å². The number of rotatable bonds is 6. The van der Waals surface area contributed by atoms with Crippen molar-refractivity contribution in [3.63, 3.8) is 0 Å². The Morgan fingerprint density at radius 2 is 2.11 bits per heavy atom. The van der Waals surface area contributed by atoms with Crippen LogP contribution in [0.3, 0.4) is 0 Å². The third-order valence-electron chi connectivity index (χ3n) is 2.83. The van der Waals surface area contributed by atoms with Crippen LogP contribution in [0, 0.1) is 6.92 Å². The Balaban J connectivity index is 2.75.